The third kappa shape index (κ3) is 3.82. The zero-order valence-electron chi connectivity index (χ0n) is 6.89. The van der Waals surface area contributed by atoms with Gasteiger partial charge in [0.2, 0.25) is 0 Å². The highest BCUT2D eigenvalue weighted by Gasteiger charge is 2.18. The minimum absolute atomic E-state index is 0.587. The maximum atomic E-state index is 9.35. The van der Waals surface area contributed by atoms with Crippen molar-refractivity contribution in [3.05, 3.63) is 0 Å². The number of aliphatic hydroxyl groups excluding tert-OH is 1. The van der Waals surface area contributed by atoms with Crippen LogP contribution >= 0.6 is 0 Å². The molecule has 3 N–H and O–H groups in total. The minimum Gasteiger partial charge on any atom is -0.379 e. The van der Waals surface area contributed by atoms with E-state index in [1.165, 1.54) is 0 Å². The first kappa shape index (κ1) is 9.88. The Balaban J connectivity index is 3.64. The molecule has 0 bridgehead atoms. The van der Waals surface area contributed by atoms with Gasteiger partial charge in [-0.1, -0.05) is 13.8 Å². The van der Waals surface area contributed by atoms with Gasteiger partial charge in [-0.05, 0) is 19.8 Å². The van der Waals surface area contributed by atoms with Crippen LogP contribution < -0.4 is 5.32 Å². The molecule has 0 aliphatic rings. The summed E-state index contributed by atoms with van der Waals surface area (Å²) < 4.78 is 0. The first-order valence-corrected chi connectivity index (χ1v) is 3.70. The summed E-state index contributed by atoms with van der Waals surface area (Å²) in [5, 5.41) is 21.1. The standard InChI is InChI=1S/C7H17NO2/c1-4-6(9)8-7(3,10)5-2/h6,8-10H,4-5H2,1-3H3. The molecule has 0 heterocycles. The van der Waals surface area contributed by atoms with Crippen LogP contribution in [0, 0.1) is 0 Å². The van der Waals surface area contributed by atoms with Crippen molar-refractivity contribution in [2.45, 2.75) is 45.6 Å². The van der Waals surface area contributed by atoms with Crippen molar-refractivity contribution in [1.29, 1.82) is 0 Å². The summed E-state index contributed by atoms with van der Waals surface area (Å²) in [6, 6.07) is 0. The van der Waals surface area contributed by atoms with Crippen molar-refractivity contribution in [2.24, 2.45) is 0 Å². The molecule has 0 amide bonds. The van der Waals surface area contributed by atoms with Crippen molar-refractivity contribution >= 4 is 0 Å². The van der Waals surface area contributed by atoms with Crippen LogP contribution in [0.5, 0.6) is 0 Å². The Morgan fingerprint density at radius 3 is 2.30 bits per heavy atom. The van der Waals surface area contributed by atoms with Crippen molar-refractivity contribution in [2.75, 3.05) is 0 Å². The van der Waals surface area contributed by atoms with Gasteiger partial charge < -0.3 is 10.2 Å². The summed E-state index contributed by atoms with van der Waals surface area (Å²) in [5.41, 5.74) is -0.935. The topological polar surface area (TPSA) is 52.5 Å². The third-order valence-corrected chi connectivity index (χ3v) is 1.55. The highest BCUT2D eigenvalue weighted by atomic mass is 16.3. The molecule has 0 radical (unpaired) electrons. The lowest BCUT2D eigenvalue weighted by Gasteiger charge is -2.25. The Kier molecular flexibility index (Phi) is 3.86. The predicted molar refractivity (Wildman–Crippen MR) is 40.3 cm³/mol. The van der Waals surface area contributed by atoms with Crippen LogP contribution in [0.15, 0.2) is 0 Å². The molecule has 3 heteroatoms. The molecule has 0 aliphatic heterocycles. The molecule has 0 saturated carbocycles. The summed E-state index contributed by atoms with van der Waals surface area (Å²) >= 11 is 0. The molecular formula is C7H17NO2. The minimum atomic E-state index is -0.935. The van der Waals surface area contributed by atoms with Gasteiger partial charge in [0.1, 0.15) is 12.0 Å². The van der Waals surface area contributed by atoms with Gasteiger partial charge in [0.15, 0.2) is 0 Å². The lowest BCUT2D eigenvalue weighted by Crippen LogP contribution is -2.47. The van der Waals surface area contributed by atoms with E-state index >= 15 is 0 Å². The van der Waals surface area contributed by atoms with Crippen LogP contribution in [-0.4, -0.2) is 22.2 Å². The Morgan fingerprint density at radius 2 is 2.00 bits per heavy atom. The molecule has 0 rings (SSSR count). The van der Waals surface area contributed by atoms with Crippen molar-refractivity contribution in [1.82, 2.24) is 5.32 Å². The fourth-order valence-electron chi connectivity index (χ4n) is 0.563. The first-order chi connectivity index (χ1) is 4.52. The Hall–Kier alpha value is -0.120. The van der Waals surface area contributed by atoms with E-state index in [1.807, 2.05) is 13.8 Å². The summed E-state index contributed by atoms with van der Waals surface area (Å²) in [5.74, 6) is 0. The number of nitrogens with one attached hydrogen (secondary N) is 1. The van der Waals surface area contributed by atoms with Gasteiger partial charge in [-0.2, -0.15) is 0 Å². The molecule has 0 aliphatic carbocycles. The van der Waals surface area contributed by atoms with Crippen LogP contribution in [0.2, 0.25) is 0 Å². The molecule has 3 nitrogen and oxygen atoms in total. The molecule has 0 fully saturated rings. The van der Waals surface area contributed by atoms with Crippen LogP contribution in [-0.2, 0) is 0 Å². The van der Waals surface area contributed by atoms with Crippen LogP contribution in [0.3, 0.4) is 0 Å². The SMILES string of the molecule is CCC(O)NC(C)(O)CC. The van der Waals surface area contributed by atoms with Gasteiger partial charge in [-0.15, -0.1) is 0 Å². The largest absolute Gasteiger partial charge is 0.379 e. The van der Waals surface area contributed by atoms with E-state index < -0.39 is 12.0 Å². The number of aliphatic hydroxyl groups is 2. The van der Waals surface area contributed by atoms with Gasteiger partial charge in [0, 0.05) is 0 Å². The molecule has 0 spiro atoms. The second-order valence-electron chi connectivity index (χ2n) is 2.70. The molecular weight excluding hydrogens is 130 g/mol. The number of hydrogen-bond acceptors (Lipinski definition) is 3. The third-order valence-electron chi connectivity index (χ3n) is 1.55. The average molecular weight is 147 g/mol. The zero-order valence-corrected chi connectivity index (χ0v) is 6.89. The van der Waals surface area contributed by atoms with Crippen LogP contribution in [0.1, 0.15) is 33.6 Å². The lowest BCUT2D eigenvalue weighted by atomic mass is 10.2. The Morgan fingerprint density at radius 1 is 1.50 bits per heavy atom. The zero-order chi connectivity index (χ0) is 8.20. The second kappa shape index (κ2) is 3.91. The Labute approximate surface area is 62.1 Å². The van der Waals surface area contributed by atoms with E-state index in [1.54, 1.807) is 6.92 Å². The second-order valence-corrected chi connectivity index (χ2v) is 2.70. The quantitative estimate of drug-likeness (QED) is 0.505. The monoisotopic (exact) mass is 147 g/mol. The maximum Gasteiger partial charge on any atom is 0.114 e. The average Bonchev–Trinajstić information content (AvgIpc) is 1.87. The molecule has 0 aromatic carbocycles. The molecule has 10 heavy (non-hydrogen) atoms. The van der Waals surface area contributed by atoms with Gasteiger partial charge in [-0.3, -0.25) is 5.32 Å². The number of hydrogen-bond donors (Lipinski definition) is 3. The van der Waals surface area contributed by atoms with E-state index in [9.17, 15) is 5.11 Å². The van der Waals surface area contributed by atoms with Gasteiger partial charge in [-0.25, -0.2) is 0 Å². The van der Waals surface area contributed by atoms with E-state index in [4.69, 9.17) is 5.11 Å². The molecule has 0 saturated heterocycles. The van der Waals surface area contributed by atoms with Crippen LogP contribution in [0.25, 0.3) is 0 Å². The van der Waals surface area contributed by atoms with Crippen molar-refractivity contribution in [3.8, 4) is 0 Å². The summed E-state index contributed by atoms with van der Waals surface area (Å²) in [6.45, 7) is 5.35. The molecule has 0 aromatic heterocycles. The van der Waals surface area contributed by atoms with Gasteiger partial charge in [0.05, 0.1) is 0 Å². The predicted octanol–water partition coefficient (Wildman–Crippen LogP) is 0.423. The highest BCUT2D eigenvalue weighted by Crippen LogP contribution is 2.04. The molecule has 2 unspecified atom stereocenters. The van der Waals surface area contributed by atoms with Crippen molar-refractivity contribution in [3.63, 3.8) is 0 Å². The summed E-state index contributed by atoms with van der Waals surface area (Å²) in [4.78, 5) is 0. The first-order valence-electron chi connectivity index (χ1n) is 3.70. The van der Waals surface area contributed by atoms with E-state index in [0.717, 1.165) is 0 Å². The molecule has 0 aromatic rings. The fraction of sp³-hybridized carbons (Fsp3) is 1.00. The fourth-order valence-corrected chi connectivity index (χ4v) is 0.563. The van der Waals surface area contributed by atoms with E-state index in [2.05, 4.69) is 5.32 Å². The molecule has 2 atom stereocenters. The van der Waals surface area contributed by atoms with Gasteiger partial charge >= 0.3 is 0 Å². The Bertz CT molecular complexity index is 93.6. The highest BCUT2D eigenvalue weighted by molar-refractivity contribution is 4.67. The van der Waals surface area contributed by atoms with E-state index in [-0.39, 0.29) is 0 Å². The molecule has 62 valence electrons. The van der Waals surface area contributed by atoms with Gasteiger partial charge in [0.25, 0.3) is 0 Å². The summed E-state index contributed by atoms with van der Waals surface area (Å²) in [6.07, 6.45) is 0.593. The van der Waals surface area contributed by atoms with Crippen molar-refractivity contribution < 1.29 is 10.2 Å². The van der Waals surface area contributed by atoms with Crippen LogP contribution in [0.4, 0.5) is 0 Å². The lowest BCUT2D eigenvalue weighted by molar-refractivity contribution is -0.0361. The number of rotatable bonds is 4. The smallest absolute Gasteiger partial charge is 0.114 e. The van der Waals surface area contributed by atoms with E-state index in [0.29, 0.717) is 12.8 Å². The maximum absolute atomic E-state index is 9.35. The normalized spacial score (nSPS) is 20.1. The summed E-state index contributed by atoms with van der Waals surface area (Å²) in [7, 11) is 0.